The molecule has 0 radical (unpaired) electrons. The van der Waals surface area contributed by atoms with Gasteiger partial charge >= 0.3 is 5.97 Å². The predicted molar refractivity (Wildman–Crippen MR) is 129 cm³/mol. The van der Waals surface area contributed by atoms with Crippen molar-refractivity contribution in [2.45, 2.75) is 51.5 Å². The Labute approximate surface area is 203 Å². The fourth-order valence-electron chi connectivity index (χ4n) is 4.19. The summed E-state index contributed by atoms with van der Waals surface area (Å²) < 4.78 is 15.9. The van der Waals surface area contributed by atoms with Crippen molar-refractivity contribution < 1.29 is 23.5 Å². The molecule has 0 spiro atoms. The average Bonchev–Trinajstić information content (AvgIpc) is 3.32. The Morgan fingerprint density at radius 3 is 2.59 bits per heavy atom. The van der Waals surface area contributed by atoms with Gasteiger partial charge < -0.3 is 18.8 Å². The Bertz CT molecular complexity index is 1120. The molecule has 1 amide bonds. The first-order valence-corrected chi connectivity index (χ1v) is 12.4. The number of carbonyl (C=O) groups excluding carboxylic acids is 2. The molecule has 3 aromatic rings. The molecule has 2 heterocycles. The number of aryl methyl sites for hydroxylation is 2. The molecule has 1 fully saturated rings. The highest BCUT2D eigenvalue weighted by Gasteiger charge is 2.53. The fraction of sp³-hybridized carbons (Fsp3) is 0.423. The van der Waals surface area contributed by atoms with E-state index in [4.69, 9.17) is 13.9 Å². The molecule has 0 atom stereocenters. The van der Waals surface area contributed by atoms with Crippen LogP contribution in [-0.4, -0.2) is 42.0 Å². The second-order valence-electron chi connectivity index (χ2n) is 8.45. The van der Waals surface area contributed by atoms with Gasteiger partial charge in [0, 0.05) is 17.8 Å². The first-order chi connectivity index (χ1) is 16.5. The summed E-state index contributed by atoms with van der Waals surface area (Å²) in [6, 6.07) is 11.6. The smallest absolute Gasteiger partial charge is 0.358 e. The molecule has 0 bridgehead atoms. The fourth-order valence-corrected chi connectivity index (χ4v) is 5.12. The molecule has 34 heavy (non-hydrogen) atoms. The van der Waals surface area contributed by atoms with Gasteiger partial charge in [0.1, 0.15) is 16.5 Å². The second kappa shape index (κ2) is 10.4. The van der Waals surface area contributed by atoms with E-state index in [1.165, 1.54) is 11.3 Å². The summed E-state index contributed by atoms with van der Waals surface area (Å²) >= 11 is 1.44. The lowest BCUT2D eigenvalue weighted by molar-refractivity contribution is -0.134. The number of aromatic nitrogens is 1. The minimum atomic E-state index is -0.507. The number of carbonyl (C=O) groups is 2. The van der Waals surface area contributed by atoms with E-state index in [-0.39, 0.29) is 5.91 Å². The highest BCUT2D eigenvalue weighted by Crippen LogP contribution is 2.50. The largest absolute Gasteiger partial charge is 0.497 e. The Morgan fingerprint density at radius 1 is 1.21 bits per heavy atom. The topological polar surface area (TPSA) is 81.9 Å². The summed E-state index contributed by atoms with van der Waals surface area (Å²) in [6.07, 6.45) is 4.82. The van der Waals surface area contributed by atoms with Gasteiger partial charge in [-0.3, -0.25) is 4.79 Å². The number of ether oxygens (including phenoxy) is 2. The van der Waals surface area contributed by atoms with Gasteiger partial charge in [-0.1, -0.05) is 12.1 Å². The number of rotatable bonds is 11. The molecule has 1 saturated carbocycles. The Balaban J connectivity index is 1.54. The van der Waals surface area contributed by atoms with E-state index in [0.29, 0.717) is 25.4 Å². The molecule has 0 unspecified atom stereocenters. The van der Waals surface area contributed by atoms with Gasteiger partial charge in [-0.2, -0.15) is 0 Å². The third-order valence-electron chi connectivity index (χ3n) is 6.16. The lowest BCUT2D eigenvalue weighted by atomic mass is 9.94. The Morgan fingerprint density at radius 2 is 1.97 bits per heavy atom. The maximum atomic E-state index is 13.9. The summed E-state index contributed by atoms with van der Waals surface area (Å²) in [7, 11) is 1.63. The Kier molecular flexibility index (Phi) is 7.36. The van der Waals surface area contributed by atoms with Gasteiger partial charge in [-0.25, -0.2) is 9.78 Å². The van der Waals surface area contributed by atoms with Crippen LogP contribution < -0.4 is 4.74 Å². The van der Waals surface area contributed by atoms with Crippen LogP contribution >= 0.6 is 11.3 Å². The van der Waals surface area contributed by atoms with Crippen molar-refractivity contribution in [3.63, 3.8) is 0 Å². The van der Waals surface area contributed by atoms with Gasteiger partial charge in [-0.05, 0) is 62.9 Å². The lowest BCUT2D eigenvalue weighted by Gasteiger charge is -2.27. The summed E-state index contributed by atoms with van der Waals surface area (Å²) in [6.45, 7) is 4.86. The van der Waals surface area contributed by atoms with Crippen LogP contribution in [0.1, 0.15) is 57.9 Å². The average molecular weight is 483 g/mol. The molecule has 1 aliphatic carbocycles. The van der Waals surface area contributed by atoms with E-state index in [1.54, 1.807) is 20.3 Å². The van der Waals surface area contributed by atoms with Crippen molar-refractivity contribution in [2.75, 3.05) is 20.3 Å². The minimum absolute atomic E-state index is 0.0997. The molecule has 2 aromatic heterocycles. The molecule has 180 valence electrons. The summed E-state index contributed by atoms with van der Waals surface area (Å²) in [4.78, 5) is 33.3. The standard InChI is InChI=1S/C26H30N2O5S/c1-4-32-24(29)23-18(2)34-22(27-23)17-28(15-5-7-21-8-6-16-33-21)25(30)26(13-14-26)19-9-11-20(31-3)12-10-19/h6,8-12,16H,4-5,7,13-15,17H2,1-3H3. The van der Waals surface area contributed by atoms with Crippen molar-refractivity contribution in [3.05, 3.63) is 69.6 Å². The maximum Gasteiger partial charge on any atom is 0.358 e. The van der Waals surface area contributed by atoms with Crippen LogP contribution in [0.15, 0.2) is 47.1 Å². The molecular weight excluding hydrogens is 452 g/mol. The van der Waals surface area contributed by atoms with E-state index in [1.807, 2.05) is 48.2 Å². The number of esters is 1. The highest BCUT2D eigenvalue weighted by molar-refractivity contribution is 7.11. The zero-order chi connectivity index (χ0) is 24.1. The molecule has 1 aromatic carbocycles. The van der Waals surface area contributed by atoms with E-state index in [9.17, 15) is 9.59 Å². The van der Waals surface area contributed by atoms with E-state index < -0.39 is 11.4 Å². The molecular formula is C26H30N2O5S. The molecule has 1 aliphatic rings. The normalized spacial score (nSPS) is 14.0. The highest BCUT2D eigenvalue weighted by atomic mass is 32.1. The summed E-state index contributed by atoms with van der Waals surface area (Å²) in [5.74, 6) is 1.35. The lowest BCUT2D eigenvalue weighted by Crippen LogP contribution is -2.39. The van der Waals surface area contributed by atoms with Crippen LogP contribution in [0.3, 0.4) is 0 Å². The zero-order valence-electron chi connectivity index (χ0n) is 19.8. The maximum absolute atomic E-state index is 13.9. The van der Waals surface area contributed by atoms with Gasteiger partial charge in [-0.15, -0.1) is 11.3 Å². The number of furan rings is 1. The Hall–Kier alpha value is -3.13. The third kappa shape index (κ3) is 5.17. The van der Waals surface area contributed by atoms with Crippen molar-refractivity contribution in [2.24, 2.45) is 0 Å². The molecule has 4 rings (SSSR count). The van der Waals surface area contributed by atoms with Crippen LogP contribution in [0.4, 0.5) is 0 Å². The van der Waals surface area contributed by atoms with Gasteiger partial charge in [0.15, 0.2) is 5.69 Å². The van der Waals surface area contributed by atoms with E-state index in [0.717, 1.165) is 52.6 Å². The van der Waals surface area contributed by atoms with Gasteiger partial charge in [0.25, 0.3) is 0 Å². The monoisotopic (exact) mass is 482 g/mol. The number of amides is 1. The SMILES string of the molecule is CCOC(=O)c1nc(CN(CCCc2ccco2)C(=O)C2(c3ccc(OC)cc3)CC2)sc1C. The van der Waals surface area contributed by atoms with Crippen molar-refractivity contribution in [3.8, 4) is 5.75 Å². The van der Waals surface area contributed by atoms with E-state index >= 15 is 0 Å². The number of hydrogen-bond acceptors (Lipinski definition) is 7. The van der Waals surface area contributed by atoms with Crippen LogP contribution in [0.2, 0.25) is 0 Å². The molecule has 0 saturated heterocycles. The van der Waals surface area contributed by atoms with Crippen LogP contribution in [0.25, 0.3) is 0 Å². The van der Waals surface area contributed by atoms with Crippen LogP contribution in [0, 0.1) is 6.92 Å². The predicted octanol–water partition coefficient (Wildman–Crippen LogP) is 4.92. The first-order valence-electron chi connectivity index (χ1n) is 11.6. The molecule has 8 heteroatoms. The van der Waals surface area contributed by atoms with Crippen molar-refractivity contribution >= 4 is 23.2 Å². The number of benzene rings is 1. The van der Waals surface area contributed by atoms with Crippen molar-refractivity contribution in [1.29, 1.82) is 0 Å². The zero-order valence-corrected chi connectivity index (χ0v) is 20.7. The van der Waals surface area contributed by atoms with E-state index in [2.05, 4.69) is 4.98 Å². The van der Waals surface area contributed by atoms with Gasteiger partial charge in [0.2, 0.25) is 5.91 Å². The molecule has 7 nitrogen and oxygen atoms in total. The second-order valence-corrected chi connectivity index (χ2v) is 9.74. The minimum Gasteiger partial charge on any atom is -0.497 e. The molecule has 0 aliphatic heterocycles. The quantitative estimate of drug-likeness (QED) is 0.361. The number of thiazole rings is 1. The van der Waals surface area contributed by atoms with Crippen LogP contribution in [0.5, 0.6) is 5.75 Å². The number of nitrogens with zero attached hydrogens (tertiary/aromatic N) is 2. The summed E-state index contributed by atoms with van der Waals surface area (Å²) in [5.41, 5.74) is 0.839. The third-order valence-corrected chi connectivity index (χ3v) is 7.11. The molecule has 0 N–H and O–H groups in total. The van der Waals surface area contributed by atoms with Crippen molar-refractivity contribution in [1.82, 2.24) is 9.88 Å². The first kappa shape index (κ1) is 24.0. The number of hydrogen-bond donors (Lipinski definition) is 0. The summed E-state index contributed by atoms with van der Waals surface area (Å²) in [5, 5.41) is 0.734. The van der Waals surface area contributed by atoms with Crippen LogP contribution in [-0.2, 0) is 27.9 Å². The number of methoxy groups -OCH3 is 1. The van der Waals surface area contributed by atoms with Gasteiger partial charge in [0.05, 0.1) is 31.9 Å².